The normalized spacial score (nSPS) is 33.6. The van der Waals surface area contributed by atoms with Crippen molar-refractivity contribution in [1.29, 1.82) is 0 Å². The molecule has 7 heteroatoms. The molecule has 4 atom stereocenters. The van der Waals surface area contributed by atoms with Crippen molar-refractivity contribution in [2.75, 3.05) is 13.1 Å². The number of aliphatic imine (C=N–C) groups is 2. The maximum absolute atomic E-state index is 14.0. The fourth-order valence-electron chi connectivity index (χ4n) is 3.50. The fourth-order valence-corrected chi connectivity index (χ4v) is 3.63. The monoisotopic (exact) mass is 391 g/mol. The van der Waals surface area contributed by atoms with Gasteiger partial charge in [0.25, 0.3) is 0 Å². The van der Waals surface area contributed by atoms with E-state index in [0.717, 1.165) is 25.2 Å². The Morgan fingerprint density at radius 1 is 1.44 bits per heavy atom. The molecule has 0 amide bonds. The zero-order chi connectivity index (χ0) is 19.6. The molecule has 3 rings (SSSR count). The molecule has 2 N–H and O–H groups in total. The summed E-state index contributed by atoms with van der Waals surface area (Å²) in [5.74, 6) is 0.514. The molecule has 0 aliphatic carbocycles. The molecule has 0 aromatic heterocycles. The molecule has 0 saturated carbocycles. The predicted octanol–water partition coefficient (Wildman–Crippen LogP) is 3.67. The summed E-state index contributed by atoms with van der Waals surface area (Å²) in [7, 11) is 0. The first kappa shape index (κ1) is 19.9. The first-order valence-corrected chi connectivity index (χ1v) is 9.74. The van der Waals surface area contributed by atoms with Crippen LogP contribution < -0.4 is 10.6 Å². The zero-order valence-corrected chi connectivity index (χ0v) is 17.0. The van der Waals surface area contributed by atoms with Gasteiger partial charge in [0, 0.05) is 49.4 Å². The number of hydrogen-bond donors (Lipinski definition) is 2. The Hall–Kier alpha value is -1.88. The van der Waals surface area contributed by atoms with Crippen LogP contribution in [-0.4, -0.2) is 42.2 Å². The molecule has 0 saturated heterocycles. The Balaban J connectivity index is 1.73. The highest BCUT2D eigenvalue weighted by Gasteiger charge is 2.38. The average Bonchev–Trinajstić information content (AvgIpc) is 2.72. The van der Waals surface area contributed by atoms with Crippen molar-refractivity contribution >= 4 is 24.0 Å². The van der Waals surface area contributed by atoms with Gasteiger partial charge in [-0.25, -0.2) is 4.99 Å². The number of hydrogen-bond acceptors (Lipinski definition) is 5. The maximum Gasteiger partial charge on any atom is 0.174 e. The molecule has 5 nitrogen and oxygen atoms in total. The van der Waals surface area contributed by atoms with E-state index in [2.05, 4.69) is 52.5 Å². The van der Waals surface area contributed by atoms with Crippen molar-refractivity contribution in [3.05, 3.63) is 40.3 Å². The minimum absolute atomic E-state index is 0.0109. The molecular formula is C20H27ClFN5. The highest BCUT2D eigenvalue weighted by Crippen LogP contribution is 2.30. The molecule has 146 valence electrons. The summed E-state index contributed by atoms with van der Waals surface area (Å²) >= 11 is 5.84. The summed E-state index contributed by atoms with van der Waals surface area (Å²) in [6.07, 6.45) is 8.07. The van der Waals surface area contributed by atoms with Crippen LogP contribution in [-0.2, 0) is 0 Å². The van der Waals surface area contributed by atoms with E-state index in [1.807, 2.05) is 13.8 Å². The minimum atomic E-state index is -0.608. The first-order valence-electron chi connectivity index (χ1n) is 9.36. The van der Waals surface area contributed by atoms with E-state index in [4.69, 9.17) is 16.6 Å². The van der Waals surface area contributed by atoms with Crippen molar-refractivity contribution in [2.45, 2.75) is 45.9 Å². The molecule has 0 aromatic rings. The van der Waals surface area contributed by atoms with E-state index < -0.39 is 11.5 Å². The molecule has 4 unspecified atom stereocenters. The standard InChI is InChI=1S/C20H27ClFN5/c1-13-9-24-19(25-10-14(13)2)5-6-27-12-15(3)26-20(27,4)16-7-17(22)8-18(21)23-11-16/h7,9,11-14,19,25-26H,5-6,10H2,1-4H3. The van der Waals surface area contributed by atoms with Crippen LogP contribution in [0.5, 0.6) is 0 Å². The average molecular weight is 392 g/mol. The predicted molar refractivity (Wildman–Crippen MR) is 109 cm³/mol. The Kier molecular flexibility index (Phi) is 5.89. The second kappa shape index (κ2) is 8.01. The van der Waals surface area contributed by atoms with Gasteiger partial charge in [0.1, 0.15) is 11.8 Å². The largest absolute Gasteiger partial charge is 0.362 e. The third-order valence-electron chi connectivity index (χ3n) is 5.47. The smallest absolute Gasteiger partial charge is 0.174 e. The van der Waals surface area contributed by atoms with E-state index in [1.165, 1.54) is 6.08 Å². The summed E-state index contributed by atoms with van der Waals surface area (Å²) in [6, 6.07) is 0. The van der Waals surface area contributed by atoms with Crippen LogP contribution in [0.2, 0.25) is 0 Å². The molecule has 0 radical (unpaired) electrons. The fraction of sp³-hybridized carbons (Fsp3) is 0.550. The highest BCUT2D eigenvalue weighted by molar-refractivity contribution is 6.29. The molecule has 3 aliphatic rings. The second-order valence-electron chi connectivity index (χ2n) is 7.67. The van der Waals surface area contributed by atoms with Crippen LogP contribution in [0.3, 0.4) is 0 Å². The van der Waals surface area contributed by atoms with Gasteiger partial charge in [0.15, 0.2) is 11.0 Å². The number of nitrogens with zero attached hydrogens (tertiary/aromatic N) is 3. The number of allylic oxidation sites excluding steroid dienone is 3. The van der Waals surface area contributed by atoms with Gasteiger partial charge in [0.2, 0.25) is 0 Å². The van der Waals surface area contributed by atoms with Crippen molar-refractivity contribution in [3.63, 3.8) is 0 Å². The summed E-state index contributed by atoms with van der Waals surface area (Å²) in [5.41, 5.74) is 3.50. The van der Waals surface area contributed by atoms with Gasteiger partial charge in [-0.05, 0) is 37.5 Å². The van der Waals surface area contributed by atoms with Crippen LogP contribution in [0, 0.1) is 11.8 Å². The zero-order valence-electron chi connectivity index (χ0n) is 16.3. The SMILES string of the molecule is CC1=CN(CCC2N=CC(C)C(C)CN2)C(C)(C2=CC(F)=C=C(Cl)N=C2)N1. The molecule has 0 fully saturated rings. The minimum Gasteiger partial charge on any atom is -0.362 e. The maximum atomic E-state index is 14.0. The van der Waals surface area contributed by atoms with Crippen molar-refractivity contribution in [3.8, 4) is 0 Å². The first-order chi connectivity index (χ1) is 12.8. The third-order valence-corrected chi connectivity index (χ3v) is 5.66. The van der Waals surface area contributed by atoms with Gasteiger partial charge < -0.3 is 10.2 Å². The van der Waals surface area contributed by atoms with Crippen LogP contribution in [0.15, 0.2) is 50.2 Å². The Morgan fingerprint density at radius 2 is 2.22 bits per heavy atom. The van der Waals surface area contributed by atoms with Gasteiger partial charge in [-0.2, -0.15) is 4.39 Å². The lowest BCUT2D eigenvalue weighted by molar-refractivity contribution is 0.199. The molecule has 3 heterocycles. The van der Waals surface area contributed by atoms with Crippen molar-refractivity contribution < 1.29 is 4.39 Å². The summed E-state index contributed by atoms with van der Waals surface area (Å²) in [4.78, 5) is 10.9. The molecule has 27 heavy (non-hydrogen) atoms. The van der Waals surface area contributed by atoms with E-state index in [0.29, 0.717) is 17.4 Å². The highest BCUT2D eigenvalue weighted by atomic mass is 35.5. The summed E-state index contributed by atoms with van der Waals surface area (Å²) in [5, 5.41) is 6.97. The summed E-state index contributed by atoms with van der Waals surface area (Å²) < 4.78 is 14.0. The molecule has 0 spiro atoms. The van der Waals surface area contributed by atoms with Crippen molar-refractivity contribution in [2.24, 2.45) is 21.8 Å². The topological polar surface area (TPSA) is 52.0 Å². The van der Waals surface area contributed by atoms with Gasteiger partial charge in [-0.1, -0.05) is 25.4 Å². The van der Waals surface area contributed by atoms with Gasteiger partial charge >= 0.3 is 0 Å². The van der Waals surface area contributed by atoms with Crippen LogP contribution in [0.25, 0.3) is 0 Å². The van der Waals surface area contributed by atoms with E-state index in [9.17, 15) is 4.39 Å². The third kappa shape index (κ3) is 4.52. The Labute approximate surface area is 165 Å². The molecule has 0 bridgehead atoms. The van der Waals surface area contributed by atoms with Crippen LogP contribution >= 0.6 is 11.6 Å². The van der Waals surface area contributed by atoms with Crippen LogP contribution in [0.4, 0.5) is 4.39 Å². The van der Waals surface area contributed by atoms with E-state index >= 15 is 0 Å². The van der Waals surface area contributed by atoms with E-state index in [-0.39, 0.29) is 11.3 Å². The molecule has 3 aliphatic heterocycles. The number of nitrogens with one attached hydrogen (secondary N) is 2. The molecular weight excluding hydrogens is 365 g/mol. The van der Waals surface area contributed by atoms with Gasteiger partial charge in [-0.3, -0.25) is 10.3 Å². The summed E-state index contributed by atoms with van der Waals surface area (Å²) in [6.45, 7) is 10.2. The Morgan fingerprint density at radius 3 is 3.00 bits per heavy atom. The number of rotatable bonds is 4. The number of halogens is 2. The quantitative estimate of drug-likeness (QED) is 0.567. The Bertz CT molecular complexity index is 777. The van der Waals surface area contributed by atoms with Crippen molar-refractivity contribution in [1.82, 2.24) is 15.5 Å². The lowest BCUT2D eigenvalue weighted by Crippen LogP contribution is -2.52. The van der Waals surface area contributed by atoms with E-state index in [1.54, 1.807) is 6.21 Å². The van der Waals surface area contributed by atoms with Gasteiger partial charge in [-0.15, -0.1) is 0 Å². The lowest BCUT2D eigenvalue weighted by Gasteiger charge is -2.38. The van der Waals surface area contributed by atoms with Crippen LogP contribution in [0.1, 0.15) is 34.1 Å². The van der Waals surface area contributed by atoms with Gasteiger partial charge in [0.05, 0.1) is 0 Å². The second-order valence-corrected chi connectivity index (χ2v) is 8.03. The molecule has 0 aromatic carbocycles. The lowest BCUT2D eigenvalue weighted by atomic mass is 9.98.